The van der Waals surface area contributed by atoms with Gasteiger partial charge in [-0.2, -0.15) is 4.73 Å². The third-order valence-electron chi connectivity index (χ3n) is 8.32. The number of nitrogens with zero attached hydrogens (tertiary/aromatic N) is 2. The summed E-state index contributed by atoms with van der Waals surface area (Å²) in [4.78, 5) is 47.3. The average molecular weight is 702 g/mol. The molecule has 0 bridgehead atoms. The first-order valence-corrected chi connectivity index (χ1v) is 18.2. The molecular formula is C38H63N5O7. The fourth-order valence-corrected chi connectivity index (χ4v) is 5.51. The number of carboxylic acids is 1. The molecule has 2 atom stereocenters. The number of carboxylic acid groups (broad SMARTS) is 1. The summed E-state index contributed by atoms with van der Waals surface area (Å²) in [5, 5.41) is 14.9. The van der Waals surface area contributed by atoms with E-state index in [0.717, 1.165) is 19.3 Å². The summed E-state index contributed by atoms with van der Waals surface area (Å²) in [6.45, 7) is 14.4. The van der Waals surface area contributed by atoms with Gasteiger partial charge in [0.05, 0.1) is 31.0 Å². The van der Waals surface area contributed by atoms with E-state index in [1.54, 1.807) is 56.8 Å². The van der Waals surface area contributed by atoms with Crippen LogP contribution < -0.4 is 21.2 Å². The third kappa shape index (κ3) is 16.6. The van der Waals surface area contributed by atoms with Crippen LogP contribution in [0.2, 0.25) is 0 Å². The minimum Gasteiger partial charge on any atom is -0.481 e. The highest BCUT2D eigenvalue weighted by Crippen LogP contribution is 2.31. The van der Waals surface area contributed by atoms with E-state index in [0.29, 0.717) is 59.7 Å². The van der Waals surface area contributed by atoms with Gasteiger partial charge < -0.3 is 30.5 Å². The number of unbranched alkanes of at least 4 members (excludes halogenated alkanes) is 8. The number of imidazole rings is 1. The van der Waals surface area contributed by atoms with Gasteiger partial charge in [-0.3, -0.25) is 10.1 Å². The monoisotopic (exact) mass is 701 g/mol. The lowest BCUT2D eigenvalue weighted by Crippen LogP contribution is -2.36. The molecule has 0 saturated heterocycles. The van der Waals surface area contributed by atoms with E-state index in [4.69, 9.17) is 20.3 Å². The number of benzene rings is 1. The van der Waals surface area contributed by atoms with Crippen LogP contribution in [0.1, 0.15) is 144 Å². The maximum atomic E-state index is 13.0. The van der Waals surface area contributed by atoms with Gasteiger partial charge in [0.15, 0.2) is 5.82 Å². The van der Waals surface area contributed by atoms with Crippen LogP contribution in [0, 0.1) is 11.3 Å². The van der Waals surface area contributed by atoms with Crippen LogP contribution in [0.5, 0.6) is 0 Å². The molecule has 1 aromatic carbocycles. The highest BCUT2D eigenvalue weighted by Gasteiger charge is 2.26. The molecule has 0 aliphatic rings. The average Bonchev–Trinajstić information content (AvgIpc) is 3.43. The molecule has 50 heavy (non-hydrogen) atoms. The van der Waals surface area contributed by atoms with Crippen LogP contribution in [0.4, 0.5) is 21.0 Å². The molecular weight excluding hydrogens is 638 g/mol. The number of ether oxygens (including phenoxy) is 2. The van der Waals surface area contributed by atoms with Gasteiger partial charge in [-0.15, -0.1) is 0 Å². The van der Waals surface area contributed by atoms with Crippen molar-refractivity contribution in [3.05, 3.63) is 30.2 Å². The van der Waals surface area contributed by atoms with Crippen LogP contribution in [-0.2, 0) is 14.3 Å². The van der Waals surface area contributed by atoms with Gasteiger partial charge >= 0.3 is 18.2 Å². The lowest BCUT2D eigenvalue weighted by atomic mass is 9.89. The molecule has 1 heterocycles. The molecule has 0 aliphatic carbocycles. The van der Waals surface area contributed by atoms with Gasteiger partial charge in [0.2, 0.25) is 0 Å². The van der Waals surface area contributed by atoms with Crippen molar-refractivity contribution in [3.8, 4) is 11.3 Å². The molecule has 0 fully saturated rings. The fraction of sp³-hybridized carbons (Fsp3) is 0.684. The Bertz CT molecular complexity index is 1350. The summed E-state index contributed by atoms with van der Waals surface area (Å²) < 4.78 is 11.8. The zero-order chi connectivity index (χ0) is 37.3. The number of nitrogen functional groups attached to an aromatic ring is 1. The number of amides is 2. The normalized spacial score (nSPS) is 13.0. The smallest absolute Gasteiger partial charge is 0.411 e. The minimum absolute atomic E-state index is 0.372. The molecule has 0 saturated carbocycles. The fourth-order valence-electron chi connectivity index (χ4n) is 5.51. The Kier molecular flexibility index (Phi) is 17.4. The summed E-state index contributed by atoms with van der Waals surface area (Å²) in [5.41, 5.74) is 8.06. The Morgan fingerprint density at radius 2 is 1.52 bits per heavy atom. The van der Waals surface area contributed by atoms with Crippen molar-refractivity contribution >= 4 is 29.5 Å². The number of nitrogens with two attached hydrogens (primary N) is 1. The van der Waals surface area contributed by atoms with E-state index in [2.05, 4.69) is 36.1 Å². The maximum Gasteiger partial charge on any atom is 0.411 e. The van der Waals surface area contributed by atoms with Gasteiger partial charge in [-0.1, -0.05) is 79.1 Å². The largest absolute Gasteiger partial charge is 0.481 e. The number of carbonyl (C=O) groups is 3. The Hall–Kier alpha value is -3.96. The second kappa shape index (κ2) is 20.7. The molecule has 282 valence electrons. The predicted octanol–water partition coefficient (Wildman–Crippen LogP) is 9.14. The first-order chi connectivity index (χ1) is 23.5. The summed E-state index contributed by atoms with van der Waals surface area (Å²) in [6.07, 6.45) is 13.8. The molecule has 2 amide bonds. The van der Waals surface area contributed by atoms with Crippen molar-refractivity contribution in [1.29, 1.82) is 0 Å². The summed E-state index contributed by atoms with van der Waals surface area (Å²) in [5.74, 6) is -0.962. The maximum absolute atomic E-state index is 13.0. The Morgan fingerprint density at radius 3 is 2.08 bits per heavy atom. The number of rotatable bonds is 21. The lowest BCUT2D eigenvalue weighted by molar-refractivity contribution is -0.141. The molecule has 2 aromatic rings. The molecule has 0 radical (unpaired) electrons. The molecule has 2 rings (SSSR count). The molecule has 5 N–H and O–H groups in total. The highest BCUT2D eigenvalue weighted by atomic mass is 16.7. The molecule has 0 spiro atoms. The van der Waals surface area contributed by atoms with Gasteiger partial charge in [0, 0.05) is 16.9 Å². The second-order valence-electron chi connectivity index (χ2n) is 15.4. The van der Waals surface area contributed by atoms with Crippen molar-refractivity contribution in [2.24, 2.45) is 11.3 Å². The second-order valence-corrected chi connectivity index (χ2v) is 15.4. The quantitative estimate of drug-likeness (QED) is 0.0733. The molecule has 12 nitrogen and oxygen atoms in total. The predicted molar refractivity (Wildman–Crippen MR) is 198 cm³/mol. The Morgan fingerprint density at radius 1 is 0.900 bits per heavy atom. The molecule has 1 aromatic heterocycles. The van der Waals surface area contributed by atoms with Crippen molar-refractivity contribution in [1.82, 2.24) is 15.0 Å². The number of aliphatic carboxylic acids is 1. The number of carbonyl (C=O) groups excluding carboxylic acids is 2. The molecule has 12 heteroatoms. The van der Waals surface area contributed by atoms with Crippen molar-refractivity contribution in [3.63, 3.8) is 0 Å². The molecule has 0 aliphatic heterocycles. The van der Waals surface area contributed by atoms with Crippen molar-refractivity contribution < 1.29 is 33.8 Å². The van der Waals surface area contributed by atoms with E-state index >= 15 is 0 Å². The van der Waals surface area contributed by atoms with Crippen LogP contribution in [-0.4, -0.2) is 52.3 Å². The SMILES string of the molecule is COC(=O)Nc1ccc(-c2cn(OCCCCCCCCCCCC(C)(C)C)c([C@H](CCCC(C)C(=O)O)NC(=O)OC(C)(C)C)n2)c(N)c1. The first kappa shape index (κ1) is 42.2. The number of aromatic nitrogens is 2. The van der Waals surface area contributed by atoms with E-state index in [9.17, 15) is 19.5 Å². The van der Waals surface area contributed by atoms with Crippen molar-refractivity contribution in [2.45, 2.75) is 144 Å². The van der Waals surface area contributed by atoms with Crippen LogP contribution >= 0.6 is 0 Å². The lowest BCUT2D eigenvalue weighted by Gasteiger charge is -2.24. The highest BCUT2D eigenvalue weighted by molar-refractivity contribution is 5.87. The molecule has 1 unspecified atom stereocenters. The third-order valence-corrected chi connectivity index (χ3v) is 8.32. The summed E-state index contributed by atoms with van der Waals surface area (Å²) in [7, 11) is 1.28. The number of anilines is 2. The number of methoxy groups -OCH3 is 1. The summed E-state index contributed by atoms with van der Waals surface area (Å²) >= 11 is 0. The van der Waals surface area contributed by atoms with Gasteiger partial charge in [0.25, 0.3) is 0 Å². The topological polar surface area (TPSA) is 167 Å². The van der Waals surface area contributed by atoms with E-state index < -0.39 is 35.7 Å². The van der Waals surface area contributed by atoms with Gasteiger partial charge in [-0.05, 0) is 76.5 Å². The Labute approximate surface area is 299 Å². The van der Waals surface area contributed by atoms with E-state index in [-0.39, 0.29) is 0 Å². The zero-order valence-corrected chi connectivity index (χ0v) is 31.7. The van der Waals surface area contributed by atoms with Crippen LogP contribution in [0.15, 0.2) is 24.4 Å². The zero-order valence-electron chi connectivity index (χ0n) is 31.7. The van der Waals surface area contributed by atoms with Gasteiger partial charge in [-0.25, -0.2) is 14.6 Å². The number of hydrogen-bond acceptors (Lipinski definition) is 8. The standard InChI is InChI=1S/C38H63N5O7/c1-27(34(44)45)19-18-20-31(42-36(47)50-38(5,6)7)33-41-32(29-22-21-28(25-30(29)39)40-35(46)48-8)26-43(33)49-24-17-15-13-11-9-10-12-14-16-23-37(2,3)4/h21-22,25-27,31H,9-20,23-24,39H2,1-8H3,(H,40,46)(H,42,47)(H,44,45)/t27?,31-/m0/s1. The van der Waals surface area contributed by atoms with Crippen LogP contribution in [0.25, 0.3) is 11.3 Å². The first-order valence-electron chi connectivity index (χ1n) is 18.2. The number of alkyl carbamates (subject to hydrolysis) is 1. The minimum atomic E-state index is -0.870. The summed E-state index contributed by atoms with van der Waals surface area (Å²) in [6, 6.07) is 4.41. The van der Waals surface area contributed by atoms with Crippen molar-refractivity contribution in [2.75, 3.05) is 24.8 Å². The van der Waals surface area contributed by atoms with Crippen LogP contribution in [0.3, 0.4) is 0 Å². The number of hydrogen-bond donors (Lipinski definition) is 4. The number of nitrogens with one attached hydrogen (secondary N) is 2. The van der Waals surface area contributed by atoms with Gasteiger partial charge in [0.1, 0.15) is 12.2 Å². The van der Waals surface area contributed by atoms with E-state index in [1.165, 1.54) is 52.1 Å². The van der Waals surface area contributed by atoms with E-state index in [1.807, 2.05) is 0 Å². The Balaban J connectivity index is 2.18.